The highest BCUT2D eigenvalue weighted by molar-refractivity contribution is 6.30. The number of benzene rings is 1. The minimum atomic E-state index is -0.0457. The van der Waals surface area contributed by atoms with Crippen LogP contribution in [0.2, 0.25) is 5.02 Å². The first kappa shape index (κ1) is 16.1. The van der Waals surface area contributed by atoms with Gasteiger partial charge < -0.3 is 14.5 Å². The molecule has 6 heteroatoms. The Morgan fingerprint density at radius 3 is 2.22 bits per heavy atom. The third-order valence-electron chi connectivity index (χ3n) is 4.57. The van der Waals surface area contributed by atoms with Crippen LogP contribution in [0.4, 0.5) is 0 Å². The van der Waals surface area contributed by atoms with Gasteiger partial charge in [-0.1, -0.05) is 18.0 Å². The van der Waals surface area contributed by atoms with Gasteiger partial charge >= 0.3 is 0 Å². The van der Waals surface area contributed by atoms with E-state index in [2.05, 4.69) is 0 Å². The molecule has 1 saturated carbocycles. The maximum atomic E-state index is 12.2. The highest BCUT2D eigenvalue weighted by Crippen LogP contribution is 2.28. The average Bonchev–Trinajstić information content (AvgIpc) is 2.52. The summed E-state index contributed by atoms with van der Waals surface area (Å²) in [6, 6.07) is 6.94. The Hall–Kier alpha value is -1.75. The van der Waals surface area contributed by atoms with Crippen molar-refractivity contribution in [1.82, 2.24) is 9.80 Å². The SMILES string of the molecule is O=C(COc1ccc(Cl)cc1)N1CCN(C(=O)C2CCC2)CC1. The lowest BCUT2D eigenvalue weighted by atomic mass is 9.84. The van der Waals surface area contributed by atoms with Crippen LogP contribution in [0.1, 0.15) is 19.3 Å². The molecule has 1 saturated heterocycles. The van der Waals surface area contributed by atoms with Gasteiger partial charge in [-0.3, -0.25) is 9.59 Å². The number of halogens is 1. The van der Waals surface area contributed by atoms with Crippen LogP contribution in [-0.4, -0.2) is 54.4 Å². The number of hydrogen-bond donors (Lipinski definition) is 0. The van der Waals surface area contributed by atoms with E-state index in [1.165, 1.54) is 0 Å². The number of hydrogen-bond acceptors (Lipinski definition) is 3. The minimum absolute atomic E-state index is 0.0121. The largest absolute Gasteiger partial charge is 0.484 e. The quantitative estimate of drug-likeness (QED) is 0.847. The molecule has 2 amide bonds. The highest BCUT2D eigenvalue weighted by atomic mass is 35.5. The molecule has 3 rings (SSSR count). The van der Waals surface area contributed by atoms with Crippen LogP contribution in [0.25, 0.3) is 0 Å². The average molecular weight is 337 g/mol. The van der Waals surface area contributed by atoms with Crippen molar-refractivity contribution in [3.63, 3.8) is 0 Å². The standard InChI is InChI=1S/C17H21ClN2O3/c18-14-4-6-15(7-5-14)23-12-16(21)19-8-10-20(11-9-19)17(22)13-2-1-3-13/h4-7,13H,1-3,8-12H2. The van der Waals surface area contributed by atoms with Gasteiger partial charge in [-0.25, -0.2) is 0 Å². The summed E-state index contributed by atoms with van der Waals surface area (Å²) >= 11 is 5.81. The lowest BCUT2D eigenvalue weighted by Crippen LogP contribution is -2.53. The highest BCUT2D eigenvalue weighted by Gasteiger charge is 2.31. The molecule has 1 aliphatic heterocycles. The van der Waals surface area contributed by atoms with Crippen molar-refractivity contribution >= 4 is 23.4 Å². The van der Waals surface area contributed by atoms with Crippen LogP contribution in [0.5, 0.6) is 5.75 Å². The van der Waals surface area contributed by atoms with Gasteiger partial charge in [0.25, 0.3) is 5.91 Å². The van der Waals surface area contributed by atoms with Gasteiger partial charge in [0.05, 0.1) is 0 Å². The number of carbonyl (C=O) groups excluding carboxylic acids is 2. The van der Waals surface area contributed by atoms with Crippen LogP contribution in [-0.2, 0) is 9.59 Å². The first-order chi connectivity index (χ1) is 11.1. The molecule has 0 spiro atoms. The summed E-state index contributed by atoms with van der Waals surface area (Å²) in [6.45, 7) is 2.44. The molecule has 0 N–H and O–H groups in total. The molecule has 0 atom stereocenters. The van der Waals surface area contributed by atoms with Gasteiger partial charge in [0.1, 0.15) is 5.75 Å². The summed E-state index contributed by atoms with van der Waals surface area (Å²) in [5.41, 5.74) is 0. The molecule has 0 radical (unpaired) electrons. The number of ether oxygens (including phenoxy) is 1. The zero-order valence-electron chi connectivity index (χ0n) is 13.0. The third-order valence-corrected chi connectivity index (χ3v) is 4.83. The second-order valence-corrected chi connectivity index (χ2v) is 6.51. The number of carbonyl (C=O) groups is 2. The van der Waals surface area contributed by atoms with Gasteiger partial charge in [0.15, 0.2) is 6.61 Å². The van der Waals surface area contributed by atoms with Crippen molar-refractivity contribution in [2.45, 2.75) is 19.3 Å². The summed E-state index contributed by atoms with van der Waals surface area (Å²) in [6.07, 6.45) is 3.21. The first-order valence-electron chi connectivity index (χ1n) is 8.08. The smallest absolute Gasteiger partial charge is 0.260 e. The van der Waals surface area contributed by atoms with Crippen LogP contribution in [0.15, 0.2) is 24.3 Å². The van der Waals surface area contributed by atoms with Gasteiger partial charge in [-0.15, -0.1) is 0 Å². The summed E-state index contributed by atoms with van der Waals surface area (Å²) in [4.78, 5) is 28.0. The van der Waals surface area contributed by atoms with E-state index in [0.29, 0.717) is 37.0 Å². The normalized spacial score (nSPS) is 18.5. The predicted molar refractivity (Wildman–Crippen MR) is 87.4 cm³/mol. The van der Waals surface area contributed by atoms with Crippen molar-refractivity contribution in [1.29, 1.82) is 0 Å². The molecule has 1 aromatic rings. The van der Waals surface area contributed by atoms with Crippen LogP contribution < -0.4 is 4.74 Å². The summed E-state index contributed by atoms with van der Waals surface area (Å²) in [7, 11) is 0. The Kier molecular flexibility index (Phi) is 5.06. The fourth-order valence-corrected chi connectivity index (χ4v) is 2.98. The molecule has 1 heterocycles. The first-order valence-corrected chi connectivity index (χ1v) is 8.46. The van der Waals surface area contributed by atoms with Crippen LogP contribution >= 0.6 is 11.6 Å². The fraction of sp³-hybridized carbons (Fsp3) is 0.529. The van der Waals surface area contributed by atoms with Gasteiger partial charge in [0, 0.05) is 37.1 Å². The third kappa shape index (κ3) is 3.96. The van der Waals surface area contributed by atoms with Crippen LogP contribution in [0, 0.1) is 5.92 Å². The topological polar surface area (TPSA) is 49.9 Å². The Bertz CT molecular complexity index is 564. The van der Waals surface area contributed by atoms with E-state index in [1.807, 2.05) is 4.90 Å². The van der Waals surface area contributed by atoms with Gasteiger partial charge in [-0.05, 0) is 37.1 Å². The van der Waals surface area contributed by atoms with E-state index in [-0.39, 0.29) is 24.3 Å². The Morgan fingerprint density at radius 1 is 1.04 bits per heavy atom. The summed E-state index contributed by atoms with van der Waals surface area (Å²) < 4.78 is 5.48. The molecule has 0 unspecified atom stereocenters. The molecular weight excluding hydrogens is 316 g/mol. The molecule has 1 aliphatic carbocycles. The van der Waals surface area contributed by atoms with Crippen molar-refractivity contribution in [2.75, 3.05) is 32.8 Å². The monoisotopic (exact) mass is 336 g/mol. The molecule has 0 aromatic heterocycles. The Balaban J connectivity index is 1.42. The lowest BCUT2D eigenvalue weighted by molar-refractivity contribution is -0.144. The number of amides is 2. The maximum Gasteiger partial charge on any atom is 0.260 e. The van der Waals surface area contributed by atoms with E-state index >= 15 is 0 Å². The van der Waals surface area contributed by atoms with E-state index < -0.39 is 0 Å². The number of rotatable bonds is 4. The molecule has 2 fully saturated rings. The van der Waals surface area contributed by atoms with E-state index in [4.69, 9.17) is 16.3 Å². The van der Waals surface area contributed by atoms with E-state index in [1.54, 1.807) is 29.2 Å². The van der Waals surface area contributed by atoms with Crippen molar-refractivity contribution in [2.24, 2.45) is 5.92 Å². The molecule has 1 aromatic carbocycles. The Labute approximate surface area is 141 Å². The molecule has 23 heavy (non-hydrogen) atoms. The maximum absolute atomic E-state index is 12.2. The van der Waals surface area contributed by atoms with Gasteiger partial charge in [-0.2, -0.15) is 0 Å². The van der Waals surface area contributed by atoms with Crippen LogP contribution in [0.3, 0.4) is 0 Å². The lowest BCUT2D eigenvalue weighted by Gasteiger charge is -2.38. The second-order valence-electron chi connectivity index (χ2n) is 6.08. The molecular formula is C17H21ClN2O3. The van der Waals surface area contributed by atoms with E-state index in [9.17, 15) is 9.59 Å². The van der Waals surface area contributed by atoms with Crippen molar-refractivity contribution < 1.29 is 14.3 Å². The number of nitrogens with zero attached hydrogens (tertiary/aromatic N) is 2. The Morgan fingerprint density at radius 2 is 1.65 bits per heavy atom. The summed E-state index contributed by atoms with van der Waals surface area (Å²) in [5.74, 6) is 1.07. The zero-order chi connectivity index (χ0) is 16.2. The van der Waals surface area contributed by atoms with Gasteiger partial charge in [0.2, 0.25) is 5.91 Å². The second kappa shape index (κ2) is 7.21. The molecule has 5 nitrogen and oxygen atoms in total. The predicted octanol–water partition coefficient (Wildman–Crippen LogP) is 2.19. The fourth-order valence-electron chi connectivity index (χ4n) is 2.86. The molecule has 124 valence electrons. The summed E-state index contributed by atoms with van der Waals surface area (Å²) in [5, 5.41) is 0.635. The minimum Gasteiger partial charge on any atom is -0.484 e. The molecule has 2 aliphatic rings. The zero-order valence-corrected chi connectivity index (χ0v) is 13.8. The number of piperazine rings is 1. The van der Waals surface area contributed by atoms with Crippen molar-refractivity contribution in [3.05, 3.63) is 29.3 Å². The van der Waals surface area contributed by atoms with E-state index in [0.717, 1.165) is 19.3 Å². The molecule has 0 bridgehead atoms. The van der Waals surface area contributed by atoms with Crippen molar-refractivity contribution in [3.8, 4) is 5.75 Å².